The molecular formula is C14H19NO2S. The van der Waals surface area contributed by atoms with Gasteiger partial charge in [0.2, 0.25) is 10.0 Å². The highest BCUT2D eigenvalue weighted by molar-refractivity contribution is 7.89. The molecule has 2 aliphatic rings. The normalized spacial score (nSPS) is 34.9. The van der Waals surface area contributed by atoms with Crippen molar-refractivity contribution in [1.82, 2.24) is 4.72 Å². The summed E-state index contributed by atoms with van der Waals surface area (Å²) < 4.78 is 27.7. The van der Waals surface area contributed by atoms with Crippen LogP contribution in [0.15, 0.2) is 35.2 Å². The maximum absolute atomic E-state index is 12.4. The second kappa shape index (κ2) is 3.81. The SMILES string of the molecule is CC12CCC(NS(=O)(=O)c3ccccc3)(CC1)C2. The number of sulfonamides is 1. The van der Waals surface area contributed by atoms with Gasteiger partial charge < -0.3 is 0 Å². The van der Waals surface area contributed by atoms with Gasteiger partial charge in [-0.3, -0.25) is 0 Å². The van der Waals surface area contributed by atoms with Crippen LogP contribution in [-0.4, -0.2) is 14.0 Å². The molecule has 1 N–H and O–H groups in total. The first-order valence-electron chi connectivity index (χ1n) is 6.52. The Labute approximate surface area is 109 Å². The van der Waals surface area contributed by atoms with E-state index in [1.54, 1.807) is 24.3 Å². The smallest absolute Gasteiger partial charge is 0.207 e. The molecular weight excluding hydrogens is 246 g/mol. The van der Waals surface area contributed by atoms with E-state index in [1.807, 2.05) is 6.07 Å². The van der Waals surface area contributed by atoms with Crippen LogP contribution in [0.4, 0.5) is 0 Å². The van der Waals surface area contributed by atoms with Crippen molar-refractivity contribution in [2.24, 2.45) is 5.41 Å². The standard InChI is InChI=1S/C14H19NO2S/c1-13-7-9-14(11-13,10-8-13)15-18(16,17)12-5-3-2-4-6-12/h2-6,15H,7-11H2,1H3. The van der Waals surface area contributed by atoms with Crippen molar-refractivity contribution in [2.45, 2.75) is 49.5 Å². The van der Waals surface area contributed by atoms with Crippen LogP contribution >= 0.6 is 0 Å². The van der Waals surface area contributed by atoms with E-state index in [9.17, 15) is 8.42 Å². The van der Waals surface area contributed by atoms with Crippen molar-refractivity contribution in [2.75, 3.05) is 0 Å². The van der Waals surface area contributed by atoms with Gasteiger partial charge >= 0.3 is 0 Å². The minimum absolute atomic E-state index is 0.177. The van der Waals surface area contributed by atoms with Crippen molar-refractivity contribution in [1.29, 1.82) is 0 Å². The van der Waals surface area contributed by atoms with Gasteiger partial charge in [0.05, 0.1) is 4.90 Å². The number of fused-ring (bicyclic) bond motifs is 2. The molecule has 0 radical (unpaired) electrons. The van der Waals surface area contributed by atoms with Gasteiger partial charge in [0.1, 0.15) is 0 Å². The summed E-state index contributed by atoms with van der Waals surface area (Å²) in [7, 11) is -3.36. The summed E-state index contributed by atoms with van der Waals surface area (Å²) in [5, 5.41) is 0. The first-order chi connectivity index (χ1) is 8.43. The Hall–Kier alpha value is -0.870. The summed E-state index contributed by atoms with van der Waals surface area (Å²) in [6.45, 7) is 2.28. The number of nitrogens with one attached hydrogen (secondary N) is 1. The summed E-state index contributed by atoms with van der Waals surface area (Å²) in [4.78, 5) is 0.375. The Balaban J connectivity index is 1.86. The molecule has 2 aliphatic carbocycles. The first kappa shape index (κ1) is 12.2. The third-order valence-corrected chi connectivity index (χ3v) is 6.18. The van der Waals surface area contributed by atoms with Gasteiger partial charge in [0.25, 0.3) is 0 Å². The Bertz CT molecular complexity index is 542. The fourth-order valence-electron chi connectivity index (χ4n) is 3.58. The molecule has 2 saturated carbocycles. The molecule has 0 saturated heterocycles. The van der Waals surface area contributed by atoms with E-state index in [2.05, 4.69) is 11.6 Å². The number of hydrogen-bond acceptors (Lipinski definition) is 2. The second-order valence-corrected chi connectivity index (χ2v) is 7.87. The molecule has 0 aliphatic heterocycles. The molecule has 0 atom stereocenters. The lowest BCUT2D eigenvalue weighted by atomic mass is 9.86. The highest BCUT2D eigenvalue weighted by Crippen LogP contribution is 2.56. The van der Waals surface area contributed by atoms with Crippen LogP contribution in [0.2, 0.25) is 0 Å². The van der Waals surface area contributed by atoms with Crippen LogP contribution < -0.4 is 4.72 Å². The van der Waals surface area contributed by atoms with E-state index < -0.39 is 10.0 Å². The van der Waals surface area contributed by atoms with E-state index in [0.717, 1.165) is 32.1 Å². The third-order valence-electron chi connectivity index (χ3n) is 4.58. The van der Waals surface area contributed by atoms with Crippen LogP contribution in [0.3, 0.4) is 0 Å². The zero-order valence-electron chi connectivity index (χ0n) is 10.6. The van der Waals surface area contributed by atoms with Gasteiger partial charge in [0.15, 0.2) is 0 Å². The van der Waals surface area contributed by atoms with Crippen LogP contribution in [0.5, 0.6) is 0 Å². The van der Waals surface area contributed by atoms with Gasteiger partial charge in [-0.2, -0.15) is 0 Å². The van der Waals surface area contributed by atoms with Crippen LogP contribution in [0.25, 0.3) is 0 Å². The molecule has 0 aromatic heterocycles. The summed E-state index contributed by atoms with van der Waals surface area (Å²) in [5.74, 6) is 0. The Morgan fingerprint density at radius 2 is 1.67 bits per heavy atom. The van der Waals surface area contributed by atoms with Crippen molar-refractivity contribution in [3.05, 3.63) is 30.3 Å². The number of hydrogen-bond donors (Lipinski definition) is 1. The van der Waals surface area contributed by atoms with Gasteiger partial charge in [-0.25, -0.2) is 13.1 Å². The molecule has 0 amide bonds. The minimum atomic E-state index is -3.36. The first-order valence-corrected chi connectivity index (χ1v) is 8.01. The van der Waals surface area contributed by atoms with Crippen molar-refractivity contribution < 1.29 is 8.42 Å². The molecule has 1 aromatic carbocycles. The molecule has 2 fully saturated rings. The summed E-state index contributed by atoms with van der Waals surface area (Å²) in [5.41, 5.74) is 0.183. The summed E-state index contributed by atoms with van der Waals surface area (Å²) in [6.07, 6.45) is 5.24. The molecule has 0 heterocycles. The van der Waals surface area contributed by atoms with Crippen molar-refractivity contribution in [3.8, 4) is 0 Å². The molecule has 4 heteroatoms. The number of rotatable bonds is 3. The monoisotopic (exact) mass is 265 g/mol. The lowest BCUT2D eigenvalue weighted by molar-refractivity contribution is 0.324. The predicted molar refractivity (Wildman–Crippen MR) is 70.7 cm³/mol. The highest BCUT2D eigenvalue weighted by Gasteiger charge is 2.53. The molecule has 1 aromatic rings. The molecule has 2 bridgehead atoms. The quantitative estimate of drug-likeness (QED) is 0.913. The molecule has 3 rings (SSSR count). The van der Waals surface area contributed by atoms with Crippen LogP contribution in [0, 0.1) is 5.41 Å². The lowest BCUT2D eigenvalue weighted by Crippen LogP contribution is -2.44. The average molecular weight is 265 g/mol. The minimum Gasteiger partial charge on any atom is -0.207 e. The molecule has 3 nitrogen and oxygen atoms in total. The molecule has 0 spiro atoms. The van der Waals surface area contributed by atoms with E-state index in [-0.39, 0.29) is 5.54 Å². The Kier molecular flexibility index (Phi) is 2.58. The third kappa shape index (κ3) is 1.97. The van der Waals surface area contributed by atoms with Crippen LogP contribution in [0.1, 0.15) is 39.0 Å². The van der Waals surface area contributed by atoms with E-state index in [4.69, 9.17) is 0 Å². The van der Waals surface area contributed by atoms with Gasteiger partial charge in [0, 0.05) is 5.54 Å². The van der Waals surface area contributed by atoms with E-state index in [0.29, 0.717) is 10.3 Å². The zero-order chi connectivity index (χ0) is 12.9. The fourth-order valence-corrected chi connectivity index (χ4v) is 5.06. The van der Waals surface area contributed by atoms with Crippen molar-refractivity contribution >= 4 is 10.0 Å². The highest BCUT2D eigenvalue weighted by atomic mass is 32.2. The second-order valence-electron chi connectivity index (χ2n) is 6.19. The zero-order valence-corrected chi connectivity index (χ0v) is 11.5. The van der Waals surface area contributed by atoms with E-state index in [1.165, 1.54) is 0 Å². The Morgan fingerprint density at radius 3 is 2.17 bits per heavy atom. The molecule has 18 heavy (non-hydrogen) atoms. The maximum atomic E-state index is 12.4. The predicted octanol–water partition coefficient (Wildman–Crippen LogP) is 2.69. The summed E-state index contributed by atoms with van der Waals surface area (Å²) in [6, 6.07) is 8.67. The fraction of sp³-hybridized carbons (Fsp3) is 0.571. The maximum Gasteiger partial charge on any atom is 0.241 e. The largest absolute Gasteiger partial charge is 0.241 e. The van der Waals surface area contributed by atoms with Crippen LogP contribution in [-0.2, 0) is 10.0 Å². The van der Waals surface area contributed by atoms with E-state index >= 15 is 0 Å². The lowest BCUT2D eigenvalue weighted by Gasteiger charge is -2.27. The van der Waals surface area contributed by atoms with Gasteiger partial charge in [-0.1, -0.05) is 25.1 Å². The topological polar surface area (TPSA) is 46.2 Å². The average Bonchev–Trinajstić information content (AvgIpc) is 2.82. The summed E-state index contributed by atoms with van der Waals surface area (Å²) >= 11 is 0. The Morgan fingerprint density at radius 1 is 1.06 bits per heavy atom. The van der Waals surface area contributed by atoms with Crippen molar-refractivity contribution in [3.63, 3.8) is 0 Å². The van der Waals surface area contributed by atoms with Gasteiger partial charge in [-0.05, 0) is 49.7 Å². The molecule has 98 valence electrons. The molecule has 0 unspecified atom stereocenters. The number of benzene rings is 1. The van der Waals surface area contributed by atoms with Gasteiger partial charge in [-0.15, -0.1) is 0 Å².